The Morgan fingerprint density at radius 3 is 2.15 bits per heavy atom. The molecule has 4 aromatic rings. The topological polar surface area (TPSA) is 87.3 Å². The van der Waals surface area contributed by atoms with Crippen LogP contribution in [0.4, 0.5) is 15.8 Å². The van der Waals surface area contributed by atoms with Gasteiger partial charge in [0.05, 0.1) is 5.25 Å². The van der Waals surface area contributed by atoms with Gasteiger partial charge in [-0.2, -0.15) is 0 Å². The molecule has 1 atom stereocenters. The molecule has 4 rings (SSSR count). The van der Waals surface area contributed by atoms with Crippen molar-refractivity contribution in [3.8, 4) is 0 Å². The second-order valence-corrected chi connectivity index (χ2v) is 11.0. The Bertz CT molecular complexity index is 1570. The van der Waals surface area contributed by atoms with Crippen molar-refractivity contribution in [3.63, 3.8) is 0 Å². The maximum Gasteiger partial charge on any atom is 0.272 e. The molecule has 208 valence electrons. The fourth-order valence-corrected chi connectivity index (χ4v) is 4.99. The standard InChI is InChI=1S/C33H30FN3O3S/c1-21-16-22(2)18-28(17-21)36-31(38)23(3)41-29-11-7-10-27(20-29)35-33(40)30(19-24-12-14-26(34)15-13-24)37-32(39)25-8-5-4-6-9-25/h4-20,23H,1-3H3,(H,35,40)(H,36,38)(H,37,39)/b30-19-. The Balaban J connectivity index is 1.47. The molecule has 0 fully saturated rings. The summed E-state index contributed by atoms with van der Waals surface area (Å²) in [6.07, 6.45) is 1.48. The summed E-state index contributed by atoms with van der Waals surface area (Å²) >= 11 is 1.36. The number of hydrogen-bond donors (Lipinski definition) is 3. The van der Waals surface area contributed by atoms with E-state index in [1.807, 2.05) is 45.0 Å². The molecule has 0 bridgehead atoms. The first-order valence-corrected chi connectivity index (χ1v) is 13.8. The van der Waals surface area contributed by atoms with E-state index in [2.05, 4.69) is 16.0 Å². The quantitative estimate of drug-likeness (QED) is 0.151. The summed E-state index contributed by atoms with van der Waals surface area (Å²) in [5.41, 5.74) is 4.29. The molecule has 0 saturated carbocycles. The number of carbonyl (C=O) groups excluding carboxylic acids is 3. The third kappa shape index (κ3) is 8.65. The van der Waals surface area contributed by atoms with Gasteiger partial charge < -0.3 is 16.0 Å². The highest BCUT2D eigenvalue weighted by Crippen LogP contribution is 2.27. The van der Waals surface area contributed by atoms with Crippen molar-refractivity contribution in [1.82, 2.24) is 5.32 Å². The fourth-order valence-electron chi connectivity index (χ4n) is 4.06. The lowest BCUT2D eigenvalue weighted by molar-refractivity contribution is -0.115. The third-order valence-electron chi connectivity index (χ3n) is 5.97. The number of halogens is 1. The van der Waals surface area contributed by atoms with Gasteiger partial charge in [0, 0.05) is 21.8 Å². The van der Waals surface area contributed by atoms with Crippen LogP contribution >= 0.6 is 11.8 Å². The van der Waals surface area contributed by atoms with Crippen LogP contribution < -0.4 is 16.0 Å². The summed E-state index contributed by atoms with van der Waals surface area (Å²) < 4.78 is 13.4. The molecule has 3 amide bonds. The van der Waals surface area contributed by atoms with Gasteiger partial charge in [-0.1, -0.05) is 42.5 Å². The maximum atomic E-state index is 13.4. The van der Waals surface area contributed by atoms with E-state index in [1.165, 1.54) is 42.1 Å². The minimum Gasteiger partial charge on any atom is -0.325 e. The van der Waals surface area contributed by atoms with Gasteiger partial charge in [-0.15, -0.1) is 11.8 Å². The third-order valence-corrected chi connectivity index (χ3v) is 7.07. The molecule has 8 heteroatoms. The molecular weight excluding hydrogens is 537 g/mol. The van der Waals surface area contributed by atoms with E-state index in [9.17, 15) is 18.8 Å². The Hall–Kier alpha value is -4.69. The number of aryl methyl sites for hydroxylation is 2. The van der Waals surface area contributed by atoms with E-state index in [1.54, 1.807) is 48.5 Å². The van der Waals surface area contributed by atoms with Crippen molar-refractivity contribution in [2.24, 2.45) is 0 Å². The zero-order valence-corrected chi connectivity index (χ0v) is 23.7. The summed E-state index contributed by atoms with van der Waals surface area (Å²) in [6, 6.07) is 27.1. The van der Waals surface area contributed by atoms with Crippen molar-refractivity contribution in [1.29, 1.82) is 0 Å². The predicted octanol–water partition coefficient (Wildman–Crippen LogP) is 6.97. The highest BCUT2D eigenvalue weighted by molar-refractivity contribution is 8.00. The lowest BCUT2D eigenvalue weighted by Crippen LogP contribution is -2.30. The molecule has 0 aliphatic carbocycles. The first kappa shape index (κ1) is 29.3. The summed E-state index contributed by atoms with van der Waals surface area (Å²) in [4.78, 5) is 39.8. The van der Waals surface area contributed by atoms with Crippen molar-refractivity contribution in [3.05, 3.63) is 131 Å². The molecule has 41 heavy (non-hydrogen) atoms. The normalized spacial score (nSPS) is 11.9. The van der Waals surface area contributed by atoms with E-state index >= 15 is 0 Å². The lowest BCUT2D eigenvalue weighted by atomic mass is 10.1. The van der Waals surface area contributed by atoms with Crippen molar-refractivity contribution < 1.29 is 18.8 Å². The van der Waals surface area contributed by atoms with Gasteiger partial charge in [0.1, 0.15) is 11.5 Å². The van der Waals surface area contributed by atoms with Gasteiger partial charge >= 0.3 is 0 Å². The van der Waals surface area contributed by atoms with Crippen LogP contribution in [0.1, 0.15) is 34.0 Å². The van der Waals surface area contributed by atoms with E-state index in [-0.39, 0.29) is 11.6 Å². The van der Waals surface area contributed by atoms with Crippen LogP contribution in [-0.2, 0) is 9.59 Å². The smallest absolute Gasteiger partial charge is 0.272 e. The number of thioether (sulfide) groups is 1. The molecule has 3 N–H and O–H groups in total. The molecule has 1 unspecified atom stereocenters. The largest absolute Gasteiger partial charge is 0.325 e. The molecule has 0 aliphatic heterocycles. The van der Waals surface area contributed by atoms with Crippen LogP contribution in [0.25, 0.3) is 6.08 Å². The zero-order valence-electron chi connectivity index (χ0n) is 22.9. The van der Waals surface area contributed by atoms with E-state index < -0.39 is 22.9 Å². The Kier molecular flexibility index (Phi) is 9.71. The van der Waals surface area contributed by atoms with Crippen LogP contribution in [0.5, 0.6) is 0 Å². The van der Waals surface area contributed by atoms with Gasteiger partial charge in [0.2, 0.25) is 5.91 Å². The number of rotatable bonds is 9. The van der Waals surface area contributed by atoms with Crippen LogP contribution in [0.2, 0.25) is 0 Å². The summed E-state index contributed by atoms with van der Waals surface area (Å²) in [5, 5.41) is 8.04. The molecule has 0 aliphatic rings. The molecular formula is C33H30FN3O3S. The van der Waals surface area contributed by atoms with Crippen molar-refractivity contribution >= 4 is 46.9 Å². The molecule has 0 radical (unpaired) electrons. The second kappa shape index (κ2) is 13.6. The summed E-state index contributed by atoms with van der Waals surface area (Å²) in [5.74, 6) is -1.56. The van der Waals surface area contributed by atoms with E-state index in [0.29, 0.717) is 16.8 Å². The molecule has 0 heterocycles. The van der Waals surface area contributed by atoms with Crippen LogP contribution in [0.3, 0.4) is 0 Å². The SMILES string of the molecule is Cc1cc(C)cc(NC(=O)C(C)Sc2cccc(NC(=O)/C(=C/c3ccc(F)cc3)NC(=O)c3ccccc3)c2)c1. The highest BCUT2D eigenvalue weighted by Gasteiger charge is 2.17. The minimum absolute atomic E-state index is 0.00953. The number of amides is 3. The Morgan fingerprint density at radius 2 is 1.46 bits per heavy atom. The number of hydrogen-bond acceptors (Lipinski definition) is 4. The van der Waals surface area contributed by atoms with Gasteiger partial charge in [-0.25, -0.2) is 4.39 Å². The number of nitrogens with one attached hydrogen (secondary N) is 3. The number of benzene rings is 4. The van der Waals surface area contributed by atoms with Gasteiger partial charge in [0.15, 0.2) is 0 Å². The summed E-state index contributed by atoms with van der Waals surface area (Å²) in [6.45, 7) is 5.78. The van der Waals surface area contributed by atoms with E-state index in [0.717, 1.165) is 21.7 Å². The maximum absolute atomic E-state index is 13.4. The van der Waals surface area contributed by atoms with E-state index in [4.69, 9.17) is 0 Å². The van der Waals surface area contributed by atoms with Crippen molar-refractivity contribution in [2.75, 3.05) is 10.6 Å². The molecule has 0 spiro atoms. The monoisotopic (exact) mass is 567 g/mol. The Morgan fingerprint density at radius 1 is 0.780 bits per heavy atom. The lowest BCUT2D eigenvalue weighted by Gasteiger charge is -2.14. The average Bonchev–Trinajstić information content (AvgIpc) is 2.94. The minimum atomic E-state index is -0.554. The van der Waals surface area contributed by atoms with Crippen LogP contribution in [-0.4, -0.2) is 23.0 Å². The van der Waals surface area contributed by atoms with Gasteiger partial charge in [-0.3, -0.25) is 14.4 Å². The molecule has 6 nitrogen and oxygen atoms in total. The van der Waals surface area contributed by atoms with Crippen molar-refractivity contribution in [2.45, 2.75) is 30.9 Å². The number of carbonyl (C=O) groups is 3. The molecule has 0 aromatic heterocycles. The predicted molar refractivity (Wildman–Crippen MR) is 163 cm³/mol. The van der Waals surface area contributed by atoms with Gasteiger partial charge in [-0.05, 0) is 98.1 Å². The Labute approximate surface area is 243 Å². The average molecular weight is 568 g/mol. The summed E-state index contributed by atoms with van der Waals surface area (Å²) in [7, 11) is 0. The first-order valence-electron chi connectivity index (χ1n) is 13.0. The number of anilines is 2. The van der Waals surface area contributed by atoms with Gasteiger partial charge in [0.25, 0.3) is 11.8 Å². The van der Waals surface area contributed by atoms with Crippen LogP contribution in [0, 0.1) is 19.7 Å². The highest BCUT2D eigenvalue weighted by atomic mass is 32.2. The molecule has 4 aromatic carbocycles. The van der Waals surface area contributed by atoms with Crippen LogP contribution in [0.15, 0.2) is 108 Å². The second-order valence-electron chi connectivity index (χ2n) is 9.54. The molecule has 0 saturated heterocycles. The first-order chi connectivity index (χ1) is 19.7. The zero-order chi connectivity index (χ0) is 29.4. The fraction of sp³-hybridized carbons (Fsp3) is 0.121.